The van der Waals surface area contributed by atoms with E-state index in [0.29, 0.717) is 6.54 Å². The van der Waals surface area contributed by atoms with Crippen LogP contribution in [0.15, 0.2) is 24.5 Å². The number of rotatable bonds is 6. The third-order valence-electron chi connectivity index (χ3n) is 2.89. The molecule has 19 heavy (non-hydrogen) atoms. The highest BCUT2D eigenvalue weighted by atomic mass is 16.4. The molecule has 104 valence electrons. The predicted octanol–water partition coefficient (Wildman–Crippen LogP) is 0.277. The van der Waals surface area contributed by atoms with Crippen molar-refractivity contribution < 1.29 is 14.7 Å². The van der Waals surface area contributed by atoms with Crippen LogP contribution in [0.1, 0.15) is 25.8 Å². The van der Waals surface area contributed by atoms with E-state index in [0.717, 1.165) is 5.56 Å². The van der Waals surface area contributed by atoms with Crippen LogP contribution in [0.5, 0.6) is 0 Å². The van der Waals surface area contributed by atoms with Crippen molar-refractivity contribution in [1.29, 1.82) is 0 Å². The third-order valence-corrected chi connectivity index (χ3v) is 2.89. The zero-order valence-electron chi connectivity index (χ0n) is 11.1. The van der Waals surface area contributed by atoms with Crippen molar-refractivity contribution in [3.05, 3.63) is 30.1 Å². The fourth-order valence-electron chi connectivity index (χ4n) is 1.54. The second kappa shape index (κ2) is 6.29. The molecular formula is C13H19N3O3. The molecule has 1 rings (SSSR count). The first kappa shape index (κ1) is 15.1. The SMILES string of the molecule is CC(C)(CNC(=O)CC(N)C(=O)O)c1cccnc1. The average molecular weight is 265 g/mol. The Kier molecular flexibility index (Phi) is 5.00. The maximum Gasteiger partial charge on any atom is 0.321 e. The van der Waals surface area contributed by atoms with Crippen molar-refractivity contribution in [3.63, 3.8) is 0 Å². The summed E-state index contributed by atoms with van der Waals surface area (Å²) in [6.45, 7) is 4.34. The van der Waals surface area contributed by atoms with E-state index in [1.54, 1.807) is 12.4 Å². The van der Waals surface area contributed by atoms with Crippen LogP contribution in [0, 0.1) is 0 Å². The predicted molar refractivity (Wildman–Crippen MR) is 70.5 cm³/mol. The van der Waals surface area contributed by atoms with Crippen LogP contribution in [0.4, 0.5) is 0 Å². The van der Waals surface area contributed by atoms with Gasteiger partial charge in [-0.25, -0.2) is 0 Å². The van der Waals surface area contributed by atoms with E-state index < -0.39 is 12.0 Å². The van der Waals surface area contributed by atoms with Crippen molar-refractivity contribution in [2.75, 3.05) is 6.54 Å². The molecular weight excluding hydrogens is 246 g/mol. The molecule has 4 N–H and O–H groups in total. The largest absolute Gasteiger partial charge is 0.480 e. The van der Waals surface area contributed by atoms with E-state index in [9.17, 15) is 9.59 Å². The van der Waals surface area contributed by atoms with Crippen molar-refractivity contribution in [1.82, 2.24) is 10.3 Å². The number of carbonyl (C=O) groups is 2. The number of hydrogen-bond donors (Lipinski definition) is 3. The van der Waals surface area contributed by atoms with Gasteiger partial charge in [0.2, 0.25) is 5.91 Å². The van der Waals surface area contributed by atoms with Crippen molar-refractivity contribution in [2.45, 2.75) is 31.7 Å². The van der Waals surface area contributed by atoms with Gasteiger partial charge >= 0.3 is 5.97 Å². The fourth-order valence-corrected chi connectivity index (χ4v) is 1.54. The Bertz CT molecular complexity index is 446. The lowest BCUT2D eigenvalue weighted by atomic mass is 9.85. The molecule has 1 atom stereocenters. The zero-order valence-corrected chi connectivity index (χ0v) is 11.1. The minimum absolute atomic E-state index is 0.224. The Morgan fingerprint density at radius 2 is 2.21 bits per heavy atom. The standard InChI is InChI=1S/C13H19N3O3/c1-13(2,9-4-3-5-15-7-9)8-16-11(17)6-10(14)12(18)19/h3-5,7,10H,6,8,14H2,1-2H3,(H,16,17)(H,18,19). The van der Waals surface area contributed by atoms with E-state index in [-0.39, 0.29) is 17.7 Å². The number of nitrogens with zero attached hydrogens (tertiary/aromatic N) is 1. The van der Waals surface area contributed by atoms with E-state index in [2.05, 4.69) is 10.3 Å². The number of carboxylic acid groups (broad SMARTS) is 1. The van der Waals surface area contributed by atoms with Crippen LogP contribution in [0.2, 0.25) is 0 Å². The summed E-state index contributed by atoms with van der Waals surface area (Å²) < 4.78 is 0. The summed E-state index contributed by atoms with van der Waals surface area (Å²) in [5, 5.41) is 11.3. The molecule has 0 aliphatic heterocycles. The molecule has 0 bridgehead atoms. The Labute approximate surface area is 112 Å². The van der Waals surface area contributed by atoms with Crippen molar-refractivity contribution in [3.8, 4) is 0 Å². The zero-order chi connectivity index (χ0) is 14.5. The minimum atomic E-state index is -1.18. The van der Waals surface area contributed by atoms with Gasteiger partial charge in [-0.15, -0.1) is 0 Å². The molecule has 1 heterocycles. The number of aromatic nitrogens is 1. The van der Waals surface area contributed by atoms with Gasteiger partial charge in [-0.05, 0) is 11.6 Å². The van der Waals surface area contributed by atoms with Gasteiger partial charge in [0.15, 0.2) is 0 Å². The highest BCUT2D eigenvalue weighted by Crippen LogP contribution is 2.20. The first-order valence-corrected chi connectivity index (χ1v) is 5.98. The highest BCUT2D eigenvalue weighted by molar-refractivity contribution is 5.84. The molecule has 0 spiro atoms. The van der Waals surface area contributed by atoms with Crippen LogP contribution in [0.25, 0.3) is 0 Å². The lowest BCUT2D eigenvalue weighted by Crippen LogP contribution is -2.41. The molecule has 1 unspecified atom stereocenters. The number of aliphatic carboxylic acids is 1. The molecule has 0 aromatic carbocycles. The summed E-state index contributed by atoms with van der Waals surface area (Å²) in [5.74, 6) is -1.55. The van der Waals surface area contributed by atoms with Crippen molar-refractivity contribution >= 4 is 11.9 Å². The Balaban J connectivity index is 2.52. The van der Waals surface area contributed by atoms with Gasteiger partial charge in [0, 0.05) is 24.4 Å². The lowest BCUT2D eigenvalue weighted by molar-refractivity contribution is -0.140. The third kappa shape index (κ3) is 4.67. The Morgan fingerprint density at radius 3 is 2.74 bits per heavy atom. The number of nitrogens with one attached hydrogen (secondary N) is 1. The minimum Gasteiger partial charge on any atom is -0.480 e. The number of nitrogens with two attached hydrogens (primary N) is 1. The maximum absolute atomic E-state index is 11.6. The van der Waals surface area contributed by atoms with E-state index in [4.69, 9.17) is 10.8 Å². The Morgan fingerprint density at radius 1 is 1.53 bits per heavy atom. The quantitative estimate of drug-likeness (QED) is 0.685. The van der Waals surface area contributed by atoms with E-state index >= 15 is 0 Å². The molecule has 0 saturated carbocycles. The van der Waals surface area contributed by atoms with Gasteiger partial charge in [-0.3, -0.25) is 14.6 Å². The molecule has 6 heteroatoms. The maximum atomic E-state index is 11.6. The summed E-state index contributed by atoms with van der Waals surface area (Å²) >= 11 is 0. The number of hydrogen-bond acceptors (Lipinski definition) is 4. The number of carboxylic acids is 1. The van der Waals surface area contributed by atoms with Gasteiger partial charge in [-0.1, -0.05) is 19.9 Å². The van der Waals surface area contributed by atoms with Crippen LogP contribution in [-0.2, 0) is 15.0 Å². The monoisotopic (exact) mass is 265 g/mol. The molecule has 1 aromatic heterocycles. The number of carbonyl (C=O) groups excluding carboxylic acids is 1. The summed E-state index contributed by atoms with van der Waals surface area (Å²) in [4.78, 5) is 26.1. The normalized spacial score (nSPS) is 12.8. The summed E-state index contributed by atoms with van der Waals surface area (Å²) in [7, 11) is 0. The van der Waals surface area contributed by atoms with Crippen molar-refractivity contribution in [2.24, 2.45) is 5.73 Å². The molecule has 0 saturated heterocycles. The van der Waals surface area contributed by atoms with Crippen LogP contribution < -0.4 is 11.1 Å². The van der Waals surface area contributed by atoms with Crippen LogP contribution in [0.3, 0.4) is 0 Å². The molecule has 0 aliphatic rings. The van der Waals surface area contributed by atoms with E-state index in [1.165, 1.54) is 0 Å². The van der Waals surface area contributed by atoms with Gasteiger partial charge in [-0.2, -0.15) is 0 Å². The summed E-state index contributed by atoms with van der Waals surface area (Å²) in [5.41, 5.74) is 6.01. The second-order valence-electron chi connectivity index (χ2n) is 5.05. The molecule has 6 nitrogen and oxygen atoms in total. The molecule has 0 aliphatic carbocycles. The highest BCUT2D eigenvalue weighted by Gasteiger charge is 2.23. The smallest absolute Gasteiger partial charge is 0.321 e. The molecule has 0 radical (unpaired) electrons. The Hall–Kier alpha value is -1.95. The van der Waals surface area contributed by atoms with Gasteiger partial charge in [0.25, 0.3) is 0 Å². The molecule has 0 fully saturated rings. The lowest BCUT2D eigenvalue weighted by Gasteiger charge is -2.25. The second-order valence-corrected chi connectivity index (χ2v) is 5.05. The average Bonchev–Trinajstić information content (AvgIpc) is 2.37. The molecule has 1 amide bonds. The molecule has 1 aromatic rings. The summed E-state index contributed by atoms with van der Waals surface area (Å²) in [6, 6.07) is 2.60. The summed E-state index contributed by atoms with van der Waals surface area (Å²) in [6.07, 6.45) is 3.21. The fraction of sp³-hybridized carbons (Fsp3) is 0.462. The van der Waals surface area contributed by atoms with Gasteiger partial charge in [0.05, 0.1) is 6.42 Å². The van der Waals surface area contributed by atoms with Gasteiger partial charge < -0.3 is 16.2 Å². The first-order chi connectivity index (χ1) is 8.83. The topological polar surface area (TPSA) is 105 Å². The van der Waals surface area contributed by atoms with Crippen LogP contribution in [-0.4, -0.2) is 34.6 Å². The van der Waals surface area contributed by atoms with E-state index in [1.807, 2.05) is 26.0 Å². The first-order valence-electron chi connectivity index (χ1n) is 5.98. The number of pyridine rings is 1. The van der Waals surface area contributed by atoms with Crippen LogP contribution >= 0.6 is 0 Å². The van der Waals surface area contributed by atoms with Gasteiger partial charge in [0.1, 0.15) is 6.04 Å². The number of amides is 1.